The van der Waals surface area contributed by atoms with E-state index in [1.807, 2.05) is 30.3 Å². The summed E-state index contributed by atoms with van der Waals surface area (Å²) in [6, 6.07) is 14.0. The van der Waals surface area contributed by atoms with E-state index in [9.17, 15) is 19.7 Å². The fraction of sp³-hybridized carbons (Fsp3) is 0.158. The maximum Gasteiger partial charge on any atom is 0.516 e. The topological polar surface area (TPSA) is 108 Å². The van der Waals surface area contributed by atoms with Gasteiger partial charge in [-0.25, -0.2) is 9.59 Å². The van der Waals surface area contributed by atoms with Gasteiger partial charge >= 0.3 is 12.2 Å². The summed E-state index contributed by atoms with van der Waals surface area (Å²) in [6.07, 6.45) is 3.38. The molecular formula is C19H16N2O7. The molecule has 0 atom stereocenters. The van der Waals surface area contributed by atoms with Crippen LogP contribution in [-0.4, -0.2) is 35.4 Å². The number of benzene rings is 2. The lowest BCUT2D eigenvalue weighted by atomic mass is 10.2. The van der Waals surface area contributed by atoms with Crippen molar-refractivity contribution in [3.63, 3.8) is 0 Å². The standard InChI is InChI=1S/C19H16N2O7/c1-2-12-20(13-15-6-4-3-5-7-15)18(22)26-14-27-19(23)28-17-10-8-16(9-11-17)21(24)25/h1,3-11H,12-14H2. The number of ether oxygens (including phenoxy) is 3. The van der Waals surface area contributed by atoms with E-state index in [2.05, 4.69) is 10.7 Å². The van der Waals surface area contributed by atoms with Gasteiger partial charge in [-0.1, -0.05) is 36.3 Å². The van der Waals surface area contributed by atoms with Gasteiger partial charge in [0.25, 0.3) is 5.69 Å². The molecule has 0 aliphatic carbocycles. The average Bonchev–Trinajstić information content (AvgIpc) is 2.68. The fourth-order valence-corrected chi connectivity index (χ4v) is 2.08. The highest BCUT2D eigenvalue weighted by Gasteiger charge is 2.16. The minimum atomic E-state index is -1.13. The Morgan fingerprint density at radius 3 is 2.36 bits per heavy atom. The third-order valence-corrected chi connectivity index (χ3v) is 3.36. The number of nitrogens with zero attached hydrogens (tertiary/aromatic N) is 2. The summed E-state index contributed by atoms with van der Waals surface area (Å²) in [5.74, 6) is 2.40. The van der Waals surface area contributed by atoms with Crippen LogP contribution >= 0.6 is 0 Å². The normalized spacial score (nSPS) is 9.68. The van der Waals surface area contributed by atoms with Crippen LogP contribution in [0.1, 0.15) is 5.56 Å². The predicted molar refractivity (Wildman–Crippen MR) is 97.2 cm³/mol. The lowest BCUT2D eigenvalue weighted by molar-refractivity contribution is -0.384. The van der Waals surface area contributed by atoms with Crippen LogP contribution in [0.5, 0.6) is 5.75 Å². The predicted octanol–water partition coefficient (Wildman–Crippen LogP) is 3.34. The highest BCUT2D eigenvalue weighted by Crippen LogP contribution is 2.17. The van der Waals surface area contributed by atoms with Gasteiger partial charge in [-0.2, -0.15) is 0 Å². The summed E-state index contributed by atoms with van der Waals surface area (Å²) in [5, 5.41) is 10.6. The van der Waals surface area contributed by atoms with Crippen molar-refractivity contribution in [3.05, 3.63) is 70.3 Å². The molecule has 9 heteroatoms. The highest BCUT2D eigenvalue weighted by molar-refractivity contribution is 5.68. The molecule has 0 heterocycles. The second-order valence-electron chi connectivity index (χ2n) is 5.32. The molecule has 0 aromatic heterocycles. The second-order valence-corrected chi connectivity index (χ2v) is 5.32. The summed E-state index contributed by atoms with van der Waals surface area (Å²) in [6.45, 7) is -0.432. The van der Waals surface area contributed by atoms with E-state index in [0.29, 0.717) is 0 Å². The maximum atomic E-state index is 12.1. The van der Waals surface area contributed by atoms with Gasteiger partial charge in [0, 0.05) is 18.7 Å². The van der Waals surface area contributed by atoms with Gasteiger partial charge in [0.15, 0.2) is 0 Å². The molecule has 2 rings (SSSR count). The number of non-ortho nitro benzene ring substituents is 1. The first-order valence-corrected chi connectivity index (χ1v) is 7.97. The number of hydrogen-bond acceptors (Lipinski definition) is 7. The Labute approximate surface area is 160 Å². The van der Waals surface area contributed by atoms with Crippen LogP contribution in [0, 0.1) is 22.5 Å². The summed E-state index contributed by atoms with van der Waals surface area (Å²) in [4.78, 5) is 34.9. The summed E-state index contributed by atoms with van der Waals surface area (Å²) >= 11 is 0. The number of rotatable bonds is 7. The van der Waals surface area contributed by atoms with E-state index in [-0.39, 0.29) is 24.5 Å². The van der Waals surface area contributed by atoms with Gasteiger partial charge in [0.2, 0.25) is 6.79 Å². The van der Waals surface area contributed by atoms with Gasteiger partial charge in [0.1, 0.15) is 5.75 Å². The second kappa shape index (κ2) is 10.2. The first kappa shape index (κ1) is 20.3. The Morgan fingerprint density at radius 2 is 1.75 bits per heavy atom. The monoisotopic (exact) mass is 384 g/mol. The Morgan fingerprint density at radius 1 is 1.07 bits per heavy atom. The molecule has 9 nitrogen and oxygen atoms in total. The number of carbonyl (C=O) groups is 2. The summed E-state index contributed by atoms with van der Waals surface area (Å²) in [7, 11) is 0. The Hall–Kier alpha value is -4.06. The fourth-order valence-electron chi connectivity index (χ4n) is 2.08. The van der Waals surface area contributed by atoms with Crippen molar-refractivity contribution < 1.29 is 28.7 Å². The van der Waals surface area contributed by atoms with E-state index in [0.717, 1.165) is 5.56 Å². The summed E-state index contributed by atoms with van der Waals surface area (Å²) < 4.78 is 14.3. The van der Waals surface area contributed by atoms with Crippen LogP contribution in [0.25, 0.3) is 0 Å². The van der Waals surface area contributed by atoms with Crippen LogP contribution in [0.15, 0.2) is 54.6 Å². The van der Waals surface area contributed by atoms with Crippen molar-refractivity contribution >= 4 is 17.9 Å². The molecule has 28 heavy (non-hydrogen) atoms. The molecule has 2 aromatic carbocycles. The van der Waals surface area contributed by atoms with E-state index in [1.54, 1.807) is 0 Å². The molecule has 144 valence electrons. The molecule has 0 unspecified atom stereocenters. The van der Waals surface area contributed by atoms with E-state index in [1.165, 1.54) is 29.2 Å². The number of carbonyl (C=O) groups excluding carboxylic acids is 2. The van der Waals surface area contributed by atoms with Crippen molar-refractivity contribution in [2.45, 2.75) is 6.54 Å². The molecule has 0 N–H and O–H groups in total. The Balaban J connectivity index is 1.79. The van der Waals surface area contributed by atoms with Crippen LogP contribution in [0.3, 0.4) is 0 Å². The minimum absolute atomic E-state index is 0.0149. The zero-order valence-corrected chi connectivity index (χ0v) is 14.6. The van der Waals surface area contributed by atoms with Crippen molar-refractivity contribution in [3.8, 4) is 18.1 Å². The number of nitro groups is 1. The molecule has 0 saturated carbocycles. The van der Waals surface area contributed by atoms with Crippen molar-refractivity contribution in [1.82, 2.24) is 4.90 Å². The van der Waals surface area contributed by atoms with Crippen molar-refractivity contribution in [2.24, 2.45) is 0 Å². The lowest BCUT2D eigenvalue weighted by Gasteiger charge is -2.19. The van der Waals surface area contributed by atoms with Crippen LogP contribution in [0.2, 0.25) is 0 Å². The molecule has 1 amide bonds. The Kier molecular flexibility index (Phi) is 7.36. The molecule has 0 saturated heterocycles. The van der Waals surface area contributed by atoms with Gasteiger partial charge in [0.05, 0.1) is 11.5 Å². The highest BCUT2D eigenvalue weighted by atomic mass is 16.8. The van der Waals surface area contributed by atoms with Gasteiger partial charge in [-0.05, 0) is 17.7 Å². The molecule has 0 aliphatic heterocycles. The van der Waals surface area contributed by atoms with Crippen molar-refractivity contribution in [2.75, 3.05) is 13.3 Å². The lowest BCUT2D eigenvalue weighted by Crippen LogP contribution is -2.32. The molecule has 0 bridgehead atoms. The SMILES string of the molecule is C#CCN(Cc1ccccc1)C(=O)OCOC(=O)Oc1ccc([N+](=O)[O-])cc1. The largest absolute Gasteiger partial charge is 0.516 e. The van der Waals surface area contributed by atoms with E-state index >= 15 is 0 Å². The third kappa shape index (κ3) is 6.34. The number of terminal acetylenes is 1. The van der Waals surface area contributed by atoms with Crippen LogP contribution in [0.4, 0.5) is 15.3 Å². The summed E-state index contributed by atoms with van der Waals surface area (Å²) in [5.41, 5.74) is 0.704. The minimum Gasteiger partial charge on any atom is -0.411 e. The molecule has 0 spiro atoms. The van der Waals surface area contributed by atoms with Gasteiger partial charge < -0.3 is 14.2 Å². The van der Waals surface area contributed by atoms with E-state index in [4.69, 9.17) is 15.9 Å². The molecular weight excluding hydrogens is 368 g/mol. The average molecular weight is 384 g/mol. The maximum absolute atomic E-state index is 12.1. The molecule has 0 aliphatic rings. The third-order valence-electron chi connectivity index (χ3n) is 3.36. The van der Waals surface area contributed by atoms with Crippen molar-refractivity contribution in [1.29, 1.82) is 0 Å². The molecule has 2 aromatic rings. The van der Waals surface area contributed by atoms with Crippen LogP contribution < -0.4 is 4.74 Å². The number of nitro benzene ring substituents is 1. The quantitative estimate of drug-likeness (QED) is 0.180. The Bertz CT molecular complexity index is 860. The molecule has 0 radical (unpaired) electrons. The smallest absolute Gasteiger partial charge is 0.411 e. The number of hydrogen-bond donors (Lipinski definition) is 0. The molecule has 0 fully saturated rings. The van der Waals surface area contributed by atoms with Crippen LogP contribution in [-0.2, 0) is 16.0 Å². The first-order valence-electron chi connectivity index (χ1n) is 7.97. The first-order chi connectivity index (χ1) is 13.5. The number of amides is 1. The van der Waals surface area contributed by atoms with E-state index < -0.39 is 24.0 Å². The van der Waals surface area contributed by atoms with Gasteiger partial charge in [-0.15, -0.1) is 6.42 Å². The van der Waals surface area contributed by atoms with Gasteiger partial charge in [-0.3, -0.25) is 15.0 Å². The zero-order chi connectivity index (χ0) is 20.4. The zero-order valence-electron chi connectivity index (χ0n) is 14.6.